The molecule has 0 amide bonds. The van der Waals surface area contributed by atoms with Gasteiger partial charge in [0.15, 0.2) is 0 Å². The first-order chi connectivity index (χ1) is 12.7. The SMILES string of the molecule is CCCCCCCCCCCOC(=O)c1ccc(C(=O)OCCCl)cc1. The highest BCUT2D eigenvalue weighted by molar-refractivity contribution is 6.18. The standard InChI is InChI=1S/C21H31ClO4/c1-2-3-4-5-6-7-8-9-10-16-25-20(23)18-11-13-19(14-12-18)21(24)26-17-15-22/h11-14H,2-10,15-17H2,1H3. The van der Waals surface area contributed by atoms with Gasteiger partial charge in [0.1, 0.15) is 6.61 Å². The van der Waals surface area contributed by atoms with E-state index in [9.17, 15) is 9.59 Å². The molecule has 0 N–H and O–H groups in total. The van der Waals surface area contributed by atoms with Gasteiger partial charge in [0.2, 0.25) is 0 Å². The number of hydrogen-bond donors (Lipinski definition) is 0. The van der Waals surface area contributed by atoms with E-state index in [0.29, 0.717) is 17.7 Å². The van der Waals surface area contributed by atoms with Gasteiger partial charge in [0, 0.05) is 0 Å². The van der Waals surface area contributed by atoms with Gasteiger partial charge in [-0.3, -0.25) is 0 Å². The number of benzene rings is 1. The summed E-state index contributed by atoms with van der Waals surface area (Å²) in [6, 6.07) is 6.28. The van der Waals surface area contributed by atoms with E-state index in [1.165, 1.54) is 44.9 Å². The normalized spacial score (nSPS) is 10.5. The molecule has 0 saturated carbocycles. The Balaban J connectivity index is 2.14. The molecule has 0 fully saturated rings. The van der Waals surface area contributed by atoms with Gasteiger partial charge in [-0.1, -0.05) is 58.3 Å². The van der Waals surface area contributed by atoms with E-state index in [-0.39, 0.29) is 18.5 Å². The van der Waals surface area contributed by atoms with Crippen LogP contribution >= 0.6 is 11.6 Å². The van der Waals surface area contributed by atoms with E-state index >= 15 is 0 Å². The Morgan fingerprint density at radius 3 is 1.62 bits per heavy atom. The van der Waals surface area contributed by atoms with Crippen molar-refractivity contribution >= 4 is 23.5 Å². The molecule has 0 aromatic heterocycles. The summed E-state index contributed by atoms with van der Waals surface area (Å²) >= 11 is 5.48. The van der Waals surface area contributed by atoms with Crippen LogP contribution in [0.1, 0.15) is 85.4 Å². The third-order valence-electron chi connectivity index (χ3n) is 4.15. The fraction of sp³-hybridized carbons (Fsp3) is 0.619. The van der Waals surface area contributed by atoms with Crippen LogP contribution in [-0.2, 0) is 9.47 Å². The van der Waals surface area contributed by atoms with Crippen LogP contribution in [0.2, 0.25) is 0 Å². The molecule has 5 heteroatoms. The second kappa shape index (κ2) is 14.6. The van der Waals surface area contributed by atoms with Gasteiger partial charge in [-0.2, -0.15) is 0 Å². The van der Waals surface area contributed by atoms with E-state index in [1.54, 1.807) is 24.3 Å². The molecule has 0 aliphatic heterocycles. The molecule has 0 atom stereocenters. The van der Waals surface area contributed by atoms with Crippen molar-refractivity contribution in [1.29, 1.82) is 0 Å². The molecule has 0 radical (unpaired) electrons. The smallest absolute Gasteiger partial charge is 0.338 e. The number of ether oxygens (including phenoxy) is 2. The Hall–Kier alpha value is -1.55. The summed E-state index contributed by atoms with van der Waals surface area (Å²) in [5, 5.41) is 0. The van der Waals surface area contributed by atoms with Crippen LogP contribution in [0.3, 0.4) is 0 Å². The number of hydrogen-bond acceptors (Lipinski definition) is 4. The Bertz CT molecular complexity index is 513. The summed E-state index contributed by atoms with van der Waals surface area (Å²) in [5.74, 6) is -0.542. The fourth-order valence-corrected chi connectivity index (χ4v) is 2.70. The van der Waals surface area contributed by atoms with Crippen molar-refractivity contribution in [3.05, 3.63) is 35.4 Å². The topological polar surface area (TPSA) is 52.6 Å². The first-order valence-corrected chi connectivity index (χ1v) is 10.2. The minimum absolute atomic E-state index is 0.170. The number of rotatable bonds is 14. The Morgan fingerprint density at radius 2 is 1.15 bits per heavy atom. The van der Waals surface area contributed by atoms with Crippen molar-refractivity contribution in [3.63, 3.8) is 0 Å². The van der Waals surface area contributed by atoms with Gasteiger partial charge in [-0.25, -0.2) is 9.59 Å². The molecule has 1 aromatic carbocycles. The molecule has 1 rings (SSSR count). The molecule has 0 aliphatic carbocycles. The van der Waals surface area contributed by atoms with Crippen molar-refractivity contribution in [2.75, 3.05) is 19.1 Å². The summed E-state index contributed by atoms with van der Waals surface area (Å²) < 4.78 is 10.2. The predicted octanol–water partition coefficient (Wildman–Crippen LogP) is 5.77. The highest BCUT2D eigenvalue weighted by atomic mass is 35.5. The third-order valence-corrected chi connectivity index (χ3v) is 4.30. The second-order valence-electron chi connectivity index (χ2n) is 6.37. The average molecular weight is 383 g/mol. The van der Waals surface area contributed by atoms with Gasteiger partial charge in [-0.15, -0.1) is 11.6 Å². The first kappa shape index (κ1) is 22.5. The third kappa shape index (κ3) is 9.81. The Morgan fingerprint density at radius 1 is 0.731 bits per heavy atom. The summed E-state index contributed by atoms with van der Waals surface area (Å²) in [6.45, 7) is 2.84. The molecule has 0 spiro atoms. The molecule has 0 heterocycles. The van der Waals surface area contributed by atoms with Gasteiger partial charge >= 0.3 is 11.9 Å². The van der Waals surface area contributed by atoms with E-state index in [0.717, 1.165) is 12.8 Å². The molecular formula is C21H31ClO4. The second-order valence-corrected chi connectivity index (χ2v) is 6.74. The molecule has 26 heavy (non-hydrogen) atoms. The van der Waals surface area contributed by atoms with Crippen LogP contribution < -0.4 is 0 Å². The Labute approximate surface area is 162 Å². The van der Waals surface area contributed by atoms with Crippen LogP contribution in [0, 0.1) is 0 Å². The maximum Gasteiger partial charge on any atom is 0.338 e. The average Bonchev–Trinajstić information content (AvgIpc) is 2.67. The molecule has 1 aromatic rings. The number of esters is 2. The quantitative estimate of drug-likeness (QED) is 0.233. The van der Waals surface area contributed by atoms with Gasteiger partial charge in [-0.05, 0) is 30.7 Å². The van der Waals surface area contributed by atoms with E-state index in [1.807, 2.05) is 0 Å². The van der Waals surface area contributed by atoms with E-state index in [2.05, 4.69) is 6.92 Å². The van der Waals surface area contributed by atoms with Crippen molar-refractivity contribution in [2.45, 2.75) is 64.7 Å². The van der Waals surface area contributed by atoms with E-state index in [4.69, 9.17) is 21.1 Å². The maximum atomic E-state index is 12.0. The summed E-state index contributed by atoms with van der Waals surface area (Å²) in [5.41, 5.74) is 0.834. The van der Waals surface area contributed by atoms with Crippen LogP contribution in [0.4, 0.5) is 0 Å². The fourth-order valence-electron chi connectivity index (χ4n) is 2.62. The highest BCUT2D eigenvalue weighted by Crippen LogP contribution is 2.11. The zero-order valence-electron chi connectivity index (χ0n) is 15.8. The highest BCUT2D eigenvalue weighted by Gasteiger charge is 2.10. The van der Waals surface area contributed by atoms with Crippen molar-refractivity contribution in [2.24, 2.45) is 0 Å². The van der Waals surface area contributed by atoms with Gasteiger partial charge in [0.05, 0.1) is 23.6 Å². The van der Waals surface area contributed by atoms with Gasteiger partial charge in [0.25, 0.3) is 0 Å². The van der Waals surface area contributed by atoms with Crippen LogP contribution in [-0.4, -0.2) is 31.0 Å². The van der Waals surface area contributed by atoms with Crippen LogP contribution in [0.5, 0.6) is 0 Å². The lowest BCUT2D eigenvalue weighted by molar-refractivity contribution is 0.0492. The number of carbonyl (C=O) groups excluding carboxylic acids is 2. The van der Waals surface area contributed by atoms with Crippen LogP contribution in [0.25, 0.3) is 0 Å². The lowest BCUT2D eigenvalue weighted by Crippen LogP contribution is -2.09. The largest absolute Gasteiger partial charge is 0.462 e. The molecule has 4 nitrogen and oxygen atoms in total. The summed E-state index contributed by atoms with van der Waals surface area (Å²) in [6.07, 6.45) is 11.0. The molecule has 0 aliphatic rings. The van der Waals surface area contributed by atoms with Crippen molar-refractivity contribution in [1.82, 2.24) is 0 Å². The van der Waals surface area contributed by atoms with Gasteiger partial charge < -0.3 is 9.47 Å². The minimum Gasteiger partial charge on any atom is -0.462 e. The maximum absolute atomic E-state index is 12.0. The Kier molecular flexibility index (Phi) is 12.6. The number of unbranched alkanes of at least 4 members (excludes halogenated alkanes) is 8. The molecular weight excluding hydrogens is 352 g/mol. The first-order valence-electron chi connectivity index (χ1n) is 9.69. The molecule has 0 unspecified atom stereocenters. The predicted molar refractivity (Wildman–Crippen MR) is 105 cm³/mol. The zero-order valence-corrected chi connectivity index (χ0v) is 16.6. The molecule has 0 saturated heterocycles. The monoisotopic (exact) mass is 382 g/mol. The number of alkyl halides is 1. The zero-order chi connectivity index (χ0) is 19.0. The summed E-state index contributed by atoms with van der Waals surface area (Å²) in [4.78, 5) is 23.6. The molecule has 146 valence electrons. The van der Waals surface area contributed by atoms with Crippen molar-refractivity contribution < 1.29 is 19.1 Å². The molecule has 0 bridgehead atoms. The lowest BCUT2D eigenvalue weighted by atomic mass is 10.1. The minimum atomic E-state index is -0.444. The number of carbonyl (C=O) groups is 2. The summed E-state index contributed by atoms with van der Waals surface area (Å²) in [7, 11) is 0. The van der Waals surface area contributed by atoms with E-state index < -0.39 is 5.97 Å². The van der Waals surface area contributed by atoms with Crippen LogP contribution in [0.15, 0.2) is 24.3 Å². The lowest BCUT2D eigenvalue weighted by Gasteiger charge is -2.06. The number of halogens is 1. The van der Waals surface area contributed by atoms with Crippen molar-refractivity contribution in [3.8, 4) is 0 Å².